The SMILES string of the molecule is O=C(c1ccc(-c2ccccc2)c(-c2ccccc2)c1)C(F)(F)C(F)(F)F. The Labute approximate surface area is 152 Å². The van der Waals surface area contributed by atoms with Crippen LogP contribution in [-0.4, -0.2) is 17.9 Å². The molecule has 1 nitrogen and oxygen atoms in total. The van der Waals surface area contributed by atoms with E-state index in [4.69, 9.17) is 0 Å². The molecule has 0 saturated carbocycles. The molecule has 0 radical (unpaired) electrons. The zero-order chi connectivity index (χ0) is 19.7. The van der Waals surface area contributed by atoms with Crippen LogP contribution < -0.4 is 0 Å². The second kappa shape index (κ2) is 6.95. The van der Waals surface area contributed by atoms with Crippen LogP contribution in [0.25, 0.3) is 22.3 Å². The number of carbonyl (C=O) groups excluding carboxylic acids is 1. The maximum atomic E-state index is 13.5. The molecule has 0 aliphatic heterocycles. The van der Waals surface area contributed by atoms with E-state index < -0.39 is 23.4 Å². The first-order chi connectivity index (χ1) is 12.7. The fourth-order valence-corrected chi connectivity index (χ4v) is 2.72. The molecule has 0 aromatic heterocycles. The predicted octanol–water partition coefficient (Wildman–Crippen LogP) is 6.40. The summed E-state index contributed by atoms with van der Waals surface area (Å²) in [7, 11) is 0. The van der Waals surface area contributed by atoms with Gasteiger partial charge in [-0.2, -0.15) is 22.0 Å². The first-order valence-electron chi connectivity index (χ1n) is 7.96. The number of hydrogen-bond acceptors (Lipinski definition) is 1. The molecule has 3 aromatic rings. The topological polar surface area (TPSA) is 17.1 Å². The maximum absolute atomic E-state index is 13.5. The van der Waals surface area contributed by atoms with E-state index in [2.05, 4.69) is 0 Å². The van der Waals surface area contributed by atoms with Crippen LogP contribution >= 0.6 is 0 Å². The van der Waals surface area contributed by atoms with Crippen LogP contribution in [-0.2, 0) is 0 Å². The van der Waals surface area contributed by atoms with Crippen molar-refractivity contribution in [1.82, 2.24) is 0 Å². The second-order valence-corrected chi connectivity index (χ2v) is 5.89. The highest BCUT2D eigenvalue weighted by molar-refractivity contribution is 6.04. The lowest BCUT2D eigenvalue weighted by molar-refractivity contribution is -0.255. The third kappa shape index (κ3) is 3.60. The van der Waals surface area contributed by atoms with E-state index in [1.807, 2.05) is 0 Å². The van der Waals surface area contributed by atoms with Crippen LogP contribution in [0.1, 0.15) is 10.4 Å². The van der Waals surface area contributed by atoms with Crippen molar-refractivity contribution in [2.24, 2.45) is 0 Å². The van der Waals surface area contributed by atoms with Crippen LogP contribution in [0.2, 0.25) is 0 Å². The lowest BCUT2D eigenvalue weighted by Gasteiger charge is -2.19. The van der Waals surface area contributed by atoms with Crippen molar-refractivity contribution in [3.63, 3.8) is 0 Å². The van der Waals surface area contributed by atoms with Crippen LogP contribution in [0.3, 0.4) is 0 Å². The lowest BCUT2D eigenvalue weighted by Crippen LogP contribution is -2.44. The van der Waals surface area contributed by atoms with Crippen molar-refractivity contribution < 1.29 is 26.7 Å². The molecule has 0 fully saturated rings. The summed E-state index contributed by atoms with van der Waals surface area (Å²) in [6, 6.07) is 20.9. The van der Waals surface area contributed by atoms with E-state index in [0.717, 1.165) is 17.7 Å². The van der Waals surface area contributed by atoms with Gasteiger partial charge in [0.15, 0.2) is 0 Å². The maximum Gasteiger partial charge on any atom is 0.461 e. The summed E-state index contributed by atoms with van der Waals surface area (Å²) < 4.78 is 64.7. The minimum absolute atomic E-state index is 0.394. The van der Waals surface area contributed by atoms with Gasteiger partial charge in [0, 0.05) is 5.56 Å². The Bertz CT molecular complexity index is 947. The molecule has 0 saturated heterocycles. The van der Waals surface area contributed by atoms with Crippen molar-refractivity contribution in [2.45, 2.75) is 12.1 Å². The third-order valence-corrected chi connectivity index (χ3v) is 4.09. The average molecular weight is 376 g/mol. The molecule has 0 aliphatic carbocycles. The summed E-state index contributed by atoms with van der Waals surface area (Å²) in [6.07, 6.45) is -5.95. The van der Waals surface area contributed by atoms with Gasteiger partial charge in [-0.05, 0) is 28.3 Å². The van der Waals surface area contributed by atoms with Crippen molar-refractivity contribution in [3.8, 4) is 22.3 Å². The standard InChI is InChI=1S/C21H13F5O/c22-20(23,21(24,25)26)19(27)16-11-12-17(14-7-3-1-4-8-14)18(13-16)15-9-5-2-6-10-15/h1-13H. The molecule has 0 spiro atoms. The Morgan fingerprint density at radius 2 is 1.11 bits per heavy atom. The third-order valence-electron chi connectivity index (χ3n) is 4.09. The van der Waals surface area contributed by atoms with Crippen molar-refractivity contribution >= 4 is 5.78 Å². The zero-order valence-corrected chi connectivity index (χ0v) is 13.8. The Balaban J connectivity index is 2.17. The number of Topliss-reactive ketones (excluding diaryl/α,β-unsaturated/α-hetero) is 1. The van der Waals surface area contributed by atoms with Crippen molar-refractivity contribution in [1.29, 1.82) is 0 Å². The smallest absolute Gasteiger partial charge is 0.287 e. The number of carbonyl (C=O) groups is 1. The molecular formula is C21H13F5O. The average Bonchev–Trinajstić information content (AvgIpc) is 2.67. The molecule has 0 bridgehead atoms. The Hall–Kier alpha value is -3.02. The first kappa shape index (κ1) is 18.8. The highest BCUT2D eigenvalue weighted by Gasteiger charge is 2.63. The first-order valence-corrected chi connectivity index (χ1v) is 7.96. The van der Waals surface area contributed by atoms with Crippen molar-refractivity contribution in [3.05, 3.63) is 84.4 Å². The van der Waals surface area contributed by atoms with Gasteiger partial charge in [-0.1, -0.05) is 72.8 Å². The van der Waals surface area contributed by atoms with Gasteiger partial charge in [0.1, 0.15) is 0 Å². The fraction of sp³-hybridized carbons (Fsp3) is 0.0952. The summed E-state index contributed by atoms with van der Waals surface area (Å²) in [4.78, 5) is 11.9. The molecule has 0 amide bonds. The fourth-order valence-electron chi connectivity index (χ4n) is 2.72. The number of rotatable bonds is 4. The van der Waals surface area contributed by atoms with Gasteiger partial charge >= 0.3 is 12.1 Å². The van der Waals surface area contributed by atoms with Crippen LogP contribution in [0.4, 0.5) is 22.0 Å². The van der Waals surface area contributed by atoms with Gasteiger partial charge in [-0.15, -0.1) is 0 Å². The van der Waals surface area contributed by atoms with Crippen LogP contribution in [0, 0.1) is 0 Å². The van der Waals surface area contributed by atoms with Gasteiger partial charge < -0.3 is 0 Å². The summed E-state index contributed by atoms with van der Waals surface area (Å²) in [5.74, 6) is -7.72. The molecule has 27 heavy (non-hydrogen) atoms. The number of alkyl halides is 5. The highest BCUT2D eigenvalue weighted by atomic mass is 19.4. The highest BCUT2D eigenvalue weighted by Crippen LogP contribution is 2.40. The molecular weight excluding hydrogens is 363 g/mol. The van der Waals surface area contributed by atoms with E-state index in [9.17, 15) is 26.7 Å². The van der Waals surface area contributed by atoms with Gasteiger partial charge in [0.05, 0.1) is 0 Å². The normalized spacial score (nSPS) is 12.0. The van der Waals surface area contributed by atoms with Crippen molar-refractivity contribution in [2.75, 3.05) is 0 Å². The monoisotopic (exact) mass is 376 g/mol. The molecule has 6 heteroatoms. The summed E-state index contributed by atoms with van der Waals surface area (Å²) in [5, 5.41) is 0. The minimum atomic E-state index is -5.95. The largest absolute Gasteiger partial charge is 0.461 e. The van der Waals surface area contributed by atoms with Crippen LogP contribution in [0.15, 0.2) is 78.9 Å². The zero-order valence-electron chi connectivity index (χ0n) is 13.8. The van der Waals surface area contributed by atoms with Gasteiger partial charge in [0.25, 0.3) is 0 Å². The molecule has 138 valence electrons. The molecule has 0 heterocycles. The molecule has 0 N–H and O–H groups in total. The number of ketones is 1. The Morgan fingerprint density at radius 3 is 1.59 bits per heavy atom. The van der Waals surface area contributed by atoms with E-state index in [1.54, 1.807) is 60.7 Å². The Morgan fingerprint density at radius 1 is 0.630 bits per heavy atom. The molecule has 0 atom stereocenters. The Kier molecular flexibility index (Phi) is 4.83. The van der Waals surface area contributed by atoms with E-state index in [1.165, 1.54) is 6.07 Å². The van der Waals surface area contributed by atoms with Gasteiger partial charge in [-0.25, -0.2) is 0 Å². The molecule has 0 unspecified atom stereocenters. The van der Waals surface area contributed by atoms with E-state index in [-0.39, 0.29) is 0 Å². The molecule has 0 aliphatic rings. The second-order valence-electron chi connectivity index (χ2n) is 5.89. The quantitative estimate of drug-likeness (QED) is 0.380. The molecule has 3 aromatic carbocycles. The minimum Gasteiger partial charge on any atom is -0.287 e. The number of benzene rings is 3. The lowest BCUT2D eigenvalue weighted by atomic mass is 9.91. The van der Waals surface area contributed by atoms with Gasteiger partial charge in [-0.3, -0.25) is 4.79 Å². The summed E-state index contributed by atoms with van der Waals surface area (Å²) >= 11 is 0. The predicted molar refractivity (Wildman–Crippen MR) is 92.6 cm³/mol. The van der Waals surface area contributed by atoms with Gasteiger partial charge in [0.2, 0.25) is 5.78 Å². The summed E-state index contributed by atoms with van der Waals surface area (Å²) in [6.45, 7) is 0. The van der Waals surface area contributed by atoms with E-state index in [0.29, 0.717) is 16.7 Å². The van der Waals surface area contributed by atoms with E-state index >= 15 is 0 Å². The number of halogens is 5. The number of hydrogen-bond donors (Lipinski definition) is 0. The van der Waals surface area contributed by atoms with Crippen LogP contribution in [0.5, 0.6) is 0 Å². The summed E-state index contributed by atoms with van der Waals surface area (Å²) in [5.41, 5.74) is 1.66. The molecule has 3 rings (SSSR count).